The molecule has 0 aliphatic carbocycles. The number of piperazine rings is 1. The number of hydrogen-bond donors (Lipinski definition) is 0. The second-order valence-corrected chi connectivity index (χ2v) is 10.9. The monoisotopic (exact) mass is 475 g/mol. The Morgan fingerprint density at radius 1 is 0.941 bits per heavy atom. The van der Waals surface area contributed by atoms with Gasteiger partial charge in [0.15, 0.2) is 0 Å². The minimum atomic E-state index is -0.264. The maximum absolute atomic E-state index is 13.3. The molecule has 1 fully saturated rings. The zero-order valence-electron chi connectivity index (χ0n) is 22.0. The molecule has 1 heterocycles. The molecule has 1 aromatic carbocycles. The van der Waals surface area contributed by atoms with Crippen LogP contribution in [-0.4, -0.2) is 65.8 Å². The SMILES string of the molecule is CCCCCCCCC(=O)N1CCN(CCN(Cc2ccc(F)cc2)C(=O)CC(C)(C)C)CC1. The van der Waals surface area contributed by atoms with Gasteiger partial charge < -0.3 is 9.80 Å². The zero-order valence-corrected chi connectivity index (χ0v) is 22.0. The molecular formula is C28H46FN3O2. The molecule has 34 heavy (non-hydrogen) atoms. The number of amides is 2. The van der Waals surface area contributed by atoms with E-state index in [4.69, 9.17) is 0 Å². The van der Waals surface area contributed by atoms with Crippen molar-refractivity contribution >= 4 is 11.8 Å². The summed E-state index contributed by atoms with van der Waals surface area (Å²) in [6, 6.07) is 6.40. The van der Waals surface area contributed by atoms with Crippen LogP contribution in [-0.2, 0) is 16.1 Å². The Labute approximate surface area is 206 Å². The molecule has 5 nitrogen and oxygen atoms in total. The predicted molar refractivity (Wildman–Crippen MR) is 137 cm³/mol. The average Bonchev–Trinajstić information content (AvgIpc) is 2.79. The lowest BCUT2D eigenvalue weighted by Crippen LogP contribution is -2.50. The highest BCUT2D eigenvalue weighted by molar-refractivity contribution is 5.77. The van der Waals surface area contributed by atoms with Crippen molar-refractivity contribution in [2.24, 2.45) is 5.41 Å². The Balaban J connectivity index is 1.78. The number of nitrogens with zero attached hydrogens (tertiary/aromatic N) is 3. The van der Waals surface area contributed by atoms with Crippen molar-refractivity contribution in [1.82, 2.24) is 14.7 Å². The normalized spacial score (nSPS) is 14.9. The molecule has 0 aromatic heterocycles. The molecule has 6 heteroatoms. The minimum absolute atomic E-state index is 0.0832. The molecule has 0 unspecified atom stereocenters. The maximum Gasteiger partial charge on any atom is 0.223 e. The van der Waals surface area contributed by atoms with E-state index in [-0.39, 0.29) is 23.0 Å². The van der Waals surface area contributed by atoms with Gasteiger partial charge in [-0.3, -0.25) is 14.5 Å². The van der Waals surface area contributed by atoms with E-state index in [1.807, 2.05) is 9.80 Å². The number of carbonyl (C=O) groups excluding carboxylic acids is 2. The van der Waals surface area contributed by atoms with Crippen LogP contribution in [0.15, 0.2) is 24.3 Å². The third kappa shape index (κ3) is 11.0. The van der Waals surface area contributed by atoms with Crippen LogP contribution in [0, 0.1) is 11.2 Å². The Kier molecular flexibility index (Phi) is 12.0. The maximum atomic E-state index is 13.3. The summed E-state index contributed by atoms with van der Waals surface area (Å²) in [6.07, 6.45) is 8.34. The lowest BCUT2D eigenvalue weighted by molar-refractivity contribution is -0.134. The summed E-state index contributed by atoms with van der Waals surface area (Å²) in [5.41, 5.74) is 0.855. The zero-order chi connectivity index (χ0) is 25.0. The molecule has 0 spiro atoms. The van der Waals surface area contributed by atoms with Crippen molar-refractivity contribution in [3.8, 4) is 0 Å². The summed E-state index contributed by atoms with van der Waals surface area (Å²) >= 11 is 0. The van der Waals surface area contributed by atoms with Gasteiger partial charge in [-0.15, -0.1) is 0 Å². The highest BCUT2D eigenvalue weighted by Crippen LogP contribution is 2.21. The molecule has 1 saturated heterocycles. The van der Waals surface area contributed by atoms with Crippen molar-refractivity contribution in [3.05, 3.63) is 35.6 Å². The molecule has 192 valence electrons. The Morgan fingerprint density at radius 2 is 1.56 bits per heavy atom. The highest BCUT2D eigenvalue weighted by atomic mass is 19.1. The molecule has 0 saturated carbocycles. The second kappa shape index (κ2) is 14.4. The van der Waals surface area contributed by atoms with Crippen LogP contribution in [0.3, 0.4) is 0 Å². The fourth-order valence-electron chi connectivity index (χ4n) is 4.37. The van der Waals surface area contributed by atoms with Gasteiger partial charge in [0.1, 0.15) is 5.82 Å². The molecule has 1 aliphatic heterocycles. The van der Waals surface area contributed by atoms with Crippen molar-refractivity contribution < 1.29 is 14.0 Å². The third-order valence-corrected chi connectivity index (χ3v) is 6.48. The van der Waals surface area contributed by atoms with E-state index in [1.54, 1.807) is 12.1 Å². The molecular weight excluding hydrogens is 429 g/mol. The smallest absolute Gasteiger partial charge is 0.223 e. The lowest BCUT2D eigenvalue weighted by Gasteiger charge is -2.36. The molecule has 0 radical (unpaired) electrons. The van der Waals surface area contributed by atoms with Gasteiger partial charge in [-0.05, 0) is 29.5 Å². The van der Waals surface area contributed by atoms with E-state index >= 15 is 0 Å². The fraction of sp³-hybridized carbons (Fsp3) is 0.714. The van der Waals surface area contributed by atoms with Crippen molar-refractivity contribution in [3.63, 3.8) is 0 Å². The first-order valence-corrected chi connectivity index (χ1v) is 13.2. The Hall–Kier alpha value is -1.95. The number of benzene rings is 1. The van der Waals surface area contributed by atoms with Crippen molar-refractivity contribution in [2.45, 2.75) is 85.6 Å². The van der Waals surface area contributed by atoms with Gasteiger partial charge in [0.25, 0.3) is 0 Å². The second-order valence-electron chi connectivity index (χ2n) is 10.9. The van der Waals surface area contributed by atoms with E-state index < -0.39 is 0 Å². The standard InChI is InChI=1S/C28H46FN3O2/c1-5-6-7-8-9-10-11-26(33)31-19-16-30(17-20-31)18-21-32(27(34)22-28(2,3)4)23-24-12-14-25(29)15-13-24/h12-15H,5-11,16-23H2,1-4H3. The van der Waals surface area contributed by atoms with Crippen LogP contribution in [0.2, 0.25) is 0 Å². The van der Waals surface area contributed by atoms with Gasteiger partial charge in [0.05, 0.1) is 0 Å². The van der Waals surface area contributed by atoms with Crippen LogP contribution in [0.25, 0.3) is 0 Å². The summed E-state index contributed by atoms with van der Waals surface area (Å²) in [6.45, 7) is 13.6. The van der Waals surface area contributed by atoms with Crippen LogP contribution in [0.1, 0.15) is 84.6 Å². The number of carbonyl (C=O) groups is 2. The summed E-state index contributed by atoms with van der Waals surface area (Å²) in [5, 5.41) is 0. The highest BCUT2D eigenvalue weighted by Gasteiger charge is 2.24. The van der Waals surface area contributed by atoms with Gasteiger partial charge in [-0.2, -0.15) is 0 Å². The molecule has 2 amide bonds. The average molecular weight is 476 g/mol. The number of hydrogen-bond acceptors (Lipinski definition) is 3. The van der Waals surface area contributed by atoms with Crippen molar-refractivity contribution in [1.29, 1.82) is 0 Å². The van der Waals surface area contributed by atoms with E-state index in [9.17, 15) is 14.0 Å². The Bertz CT molecular complexity index is 737. The number of rotatable bonds is 13. The summed E-state index contributed by atoms with van der Waals surface area (Å²) in [5.74, 6) is 0.151. The largest absolute Gasteiger partial charge is 0.340 e. The Morgan fingerprint density at radius 3 is 2.18 bits per heavy atom. The van der Waals surface area contributed by atoms with Gasteiger partial charge in [0.2, 0.25) is 11.8 Å². The quantitative estimate of drug-likeness (QED) is 0.355. The first-order chi connectivity index (χ1) is 16.2. The van der Waals surface area contributed by atoms with Gasteiger partial charge in [-0.1, -0.05) is 71.9 Å². The molecule has 0 atom stereocenters. The summed E-state index contributed by atoms with van der Waals surface area (Å²) in [7, 11) is 0. The molecule has 0 N–H and O–H groups in total. The van der Waals surface area contributed by atoms with E-state index in [0.29, 0.717) is 25.9 Å². The number of halogens is 1. The summed E-state index contributed by atoms with van der Waals surface area (Å²) in [4.78, 5) is 31.8. The first-order valence-electron chi connectivity index (χ1n) is 13.2. The minimum Gasteiger partial charge on any atom is -0.340 e. The number of unbranched alkanes of at least 4 members (excludes halogenated alkanes) is 5. The lowest BCUT2D eigenvalue weighted by atomic mass is 9.91. The summed E-state index contributed by atoms with van der Waals surface area (Å²) < 4.78 is 13.3. The van der Waals surface area contributed by atoms with Crippen LogP contribution < -0.4 is 0 Å². The third-order valence-electron chi connectivity index (χ3n) is 6.48. The van der Waals surface area contributed by atoms with Crippen LogP contribution >= 0.6 is 0 Å². The van der Waals surface area contributed by atoms with Gasteiger partial charge in [0, 0.05) is 58.7 Å². The van der Waals surface area contributed by atoms with Crippen molar-refractivity contribution in [2.75, 3.05) is 39.3 Å². The first kappa shape index (κ1) is 28.3. The van der Waals surface area contributed by atoms with Crippen LogP contribution in [0.5, 0.6) is 0 Å². The molecule has 1 aromatic rings. The molecule has 2 rings (SSSR count). The topological polar surface area (TPSA) is 43.9 Å². The van der Waals surface area contributed by atoms with E-state index in [0.717, 1.165) is 51.1 Å². The molecule has 0 bridgehead atoms. The van der Waals surface area contributed by atoms with E-state index in [1.165, 1.54) is 37.8 Å². The molecule has 1 aliphatic rings. The van der Waals surface area contributed by atoms with E-state index in [2.05, 4.69) is 32.6 Å². The fourth-order valence-corrected chi connectivity index (χ4v) is 4.37. The predicted octanol–water partition coefficient (Wildman–Crippen LogP) is 5.49. The van der Waals surface area contributed by atoms with Gasteiger partial charge in [-0.25, -0.2) is 4.39 Å². The van der Waals surface area contributed by atoms with Gasteiger partial charge >= 0.3 is 0 Å². The van der Waals surface area contributed by atoms with Crippen LogP contribution in [0.4, 0.5) is 4.39 Å².